The molecule has 0 aromatic carbocycles. The Kier molecular flexibility index (Phi) is 7.74. The average molecular weight is 406 g/mol. The first-order chi connectivity index (χ1) is 13.8. The Balaban J connectivity index is 1.33. The van der Waals surface area contributed by atoms with E-state index in [1.54, 1.807) is 6.08 Å². The van der Waals surface area contributed by atoms with Crippen LogP contribution in [0, 0.1) is 17.8 Å². The number of likely N-dealkylation sites (N-methyl/N-ethyl adjacent to an activating group) is 1. The number of amides is 2. The molecule has 0 radical (unpaired) electrons. The van der Waals surface area contributed by atoms with Gasteiger partial charge in [0.1, 0.15) is 6.10 Å². The first-order valence-corrected chi connectivity index (χ1v) is 11.4. The zero-order valence-corrected chi connectivity index (χ0v) is 18.7. The van der Waals surface area contributed by atoms with Gasteiger partial charge in [-0.3, -0.25) is 9.59 Å². The molecule has 164 valence electrons. The highest BCUT2D eigenvalue weighted by atomic mass is 16.6. The molecule has 0 saturated carbocycles. The molecule has 0 aromatic rings. The minimum Gasteiger partial charge on any atom is -0.358 e. The number of rotatable bonds is 7. The number of hydrogen-bond donors (Lipinski definition) is 0. The van der Waals surface area contributed by atoms with Crippen molar-refractivity contribution in [2.75, 3.05) is 46.3 Å². The van der Waals surface area contributed by atoms with Crippen molar-refractivity contribution < 1.29 is 14.3 Å². The molecule has 29 heavy (non-hydrogen) atoms. The second kappa shape index (κ2) is 10.1. The lowest BCUT2D eigenvalue weighted by Gasteiger charge is -2.33. The van der Waals surface area contributed by atoms with Gasteiger partial charge in [-0.05, 0) is 50.5 Å². The molecule has 3 rings (SSSR count). The van der Waals surface area contributed by atoms with Gasteiger partial charge in [0.05, 0.1) is 0 Å². The Labute approximate surface area is 176 Å². The number of epoxide rings is 1. The van der Waals surface area contributed by atoms with Crippen molar-refractivity contribution in [3.05, 3.63) is 12.2 Å². The number of carbonyl (C=O) groups excluding carboxylic acids is 2. The van der Waals surface area contributed by atoms with Crippen molar-refractivity contribution in [3.8, 4) is 0 Å². The van der Waals surface area contributed by atoms with Crippen LogP contribution in [0.1, 0.15) is 46.5 Å². The predicted molar refractivity (Wildman–Crippen MR) is 114 cm³/mol. The molecule has 3 saturated heterocycles. The van der Waals surface area contributed by atoms with E-state index in [2.05, 4.69) is 25.7 Å². The standard InChI is InChI=1S/C23H39N3O3/c1-17(2)19-9-14-26(15-10-19)23(28)22-20(29-22)16-24(4)11-5-6-21(27)25-12-7-18(3)8-13-25/h5-6,17-20,22H,7-16H2,1-4H3. The largest absolute Gasteiger partial charge is 0.358 e. The third kappa shape index (κ3) is 6.29. The van der Waals surface area contributed by atoms with Crippen LogP contribution in [0.4, 0.5) is 0 Å². The Morgan fingerprint density at radius 1 is 1.07 bits per heavy atom. The highest BCUT2D eigenvalue weighted by Crippen LogP contribution is 2.29. The number of ether oxygens (including phenoxy) is 1. The van der Waals surface area contributed by atoms with Gasteiger partial charge in [0.15, 0.2) is 6.10 Å². The van der Waals surface area contributed by atoms with Crippen molar-refractivity contribution in [3.63, 3.8) is 0 Å². The first-order valence-electron chi connectivity index (χ1n) is 11.4. The molecular weight excluding hydrogens is 366 g/mol. The minimum atomic E-state index is -0.269. The van der Waals surface area contributed by atoms with E-state index < -0.39 is 0 Å². The second-order valence-corrected chi connectivity index (χ2v) is 9.63. The summed E-state index contributed by atoms with van der Waals surface area (Å²) in [4.78, 5) is 30.9. The summed E-state index contributed by atoms with van der Waals surface area (Å²) in [5.41, 5.74) is 0. The molecule has 3 heterocycles. The van der Waals surface area contributed by atoms with E-state index in [9.17, 15) is 9.59 Å². The van der Waals surface area contributed by atoms with Gasteiger partial charge in [0.2, 0.25) is 5.91 Å². The smallest absolute Gasteiger partial charge is 0.254 e. The van der Waals surface area contributed by atoms with Crippen LogP contribution in [0.25, 0.3) is 0 Å². The molecule has 0 bridgehead atoms. The number of piperidine rings is 2. The topological polar surface area (TPSA) is 56.4 Å². The highest BCUT2D eigenvalue weighted by molar-refractivity contribution is 5.87. The van der Waals surface area contributed by atoms with Crippen LogP contribution >= 0.6 is 0 Å². The molecule has 2 amide bonds. The van der Waals surface area contributed by atoms with Crippen molar-refractivity contribution in [1.82, 2.24) is 14.7 Å². The van der Waals surface area contributed by atoms with Crippen LogP contribution in [0.5, 0.6) is 0 Å². The molecule has 6 heteroatoms. The molecule has 0 spiro atoms. The summed E-state index contributed by atoms with van der Waals surface area (Å²) in [5, 5.41) is 0. The van der Waals surface area contributed by atoms with Gasteiger partial charge in [0.25, 0.3) is 5.91 Å². The molecule has 0 aliphatic carbocycles. The van der Waals surface area contributed by atoms with E-state index in [4.69, 9.17) is 4.74 Å². The molecule has 0 N–H and O–H groups in total. The van der Waals surface area contributed by atoms with Crippen molar-refractivity contribution >= 4 is 11.8 Å². The summed E-state index contributed by atoms with van der Waals surface area (Å²) in [6.45, 7) is 11.7. The first kappa shape index (κ1) is 22.3. The molecule has 6 nitrogen and oxygen atoms in total. The molecular formula is C23H39N3O3. The van der Waals surface area contributed by atoms with E-state index in [0.29, 0.717) is 12.5 Å². The Bertz CT molecular complexity index is 590. The van der Waals surface area contributed by atoms with Crippen molar-refractivity contribution in [2.45, 2.75) is 58.7 Å². The van der Waals surface area contributed by atoms with Crippen LogP contribution in [0.2, 0.25) is 0 Å². The van der Waals surface area contributed by atoms with E-state index in [-0.39, 0.29) is 24.0 Å². The third-order valence-electron chi connectivity index (χ3n) is 6.88. The fraction of sp³-hybridized carbons (Fsp3) is 0.826. The minimum absolute atomic E-state index is 0.0111. The second-order valence-electron chi connectivity index (χ2n) is 9.63. The van der Waals surface area contributed by atoms with Crippen LogP contribution in [-0.2, 0) is 14.3 Å². The van der Waals surface area contributed by atoms with Crippen molar-refractivity contribution in [1.29, 1.82) is 0 Å². The third-order valence-corrected chi connectivity index (χ3v) is 6.88. The molecule has 3 aliphatic heterocycles. The quantitative estimate of drug-likeness (QED) is 0.482. The molecule has 2 atom stereocenters. The normalized spacial score (nSPS) is 26.7. The zero-order chi connectivity index (χ0) is 21.0. The zero-order valence-electron chi connectivity index (χ0n) is 18.7. The summed E-state index contributed by atoms with van der Waals surface area (Å²) >= 11 is 0. The van der Waals surface area contributed by atoms with Gasteiger partial charge in [-0.15, -0.1) is 0 Å². The van der Waals surface area contributed by atoms with E-state index >= 15 is 0 Å². The molecule has 3 aliphatic rings. The lowest BCUT2D eigenvalue weighted by molar-refractivity contribution is -0.134. The van der Waals surface area contributed by atoms with E-state index in [1.807, 2.05) is 22.9 Å². The fourth-order valence-electron chi connectivity index (χ4n) is 4.51. The predicted octanol–water partition coefficient (Wildman–Crippen LogP) is 2.39. The fourth-order valence-corrected chi connectivity index (χ4v) is 4.51. The van der Waals surface area contributed by atoms with Crippen LogP contribution < -0.4 is 0 Å². The maximum Gasteiger partial charge on any atom is 0.254 e. The Morgan fingerprint density at radius 3 is 2.31 bits per heavy atom. The summed E-state index contributed by atoms with van der Waals surface area (Å²) in [6.07, 6.45) is 7.76. The van der Waals surface area contributed by atoms with Gasteiger partial charge in [-0.2, -0.15) is 0 Å². The number of likely N-dealkylation sites (tertiary alicyclic amines) is 2. The molecule has 2 unspecified atom stereocenters. The summed E-state index contributed by atoms with van der Waals surface area (Å²) in [6, 6.07) is 0. The SMILES string of the molecule is CC1CCN(C(=O)C=CCN(C)CC2OC2C(=O)N2CCC(C(C)C)CC2)CC1. The van der Waals surface area contributed by atoms with E-state index in [1.165, 1.54) is 0 Å². The van der Waals surface area contributed by atoms with Crippen LogP contribution in [0.15, 0.2) is 12.2 Å². The van der Waals surface area contributed by atoms with Gasteiger partial charge < -0.3 is 19.4 Å². The Morgan fingerprint density at radius 2 is 1.69 bits per heavy atom. The number of nitrogens with zero attached hydrogens (tertiary/aromatic N) is 3. The van der Waals surface area contributed by atoms with Crippen LogP contribution in [-0.4, -0.2) is 85.0 Å². The number of hydrogen-bond acceptors (Lipinski definition) is 4. The number of carbonyl (C=O) groups is 2. The van der Waals surface area contributed by atoms with Crippen molar-refractivity contribution in [2.24, 2.45) is 17.8 Å². The van der Waals surface area contributed by atoms with Gasteiger partial charge in [-0.25, -0.2) is 0 Å². The molecule has 3 fully saturated rings. The highest BCUT2D eigenvalue weighted by Gasteiger charge is 2.47. The molecule has 0 aromatic heterocycles. The van der Waals surface area contributed by atoms with Crippen LogP contribution in [0.3, 0.4) is 0 Å². The average Bonchev–Trinajstić information content (AvgIpc) is 3.46. The van der Waals surface area contributed by atoms with Gasteiger partial charge >= 0.3 is 0 Å². The maximum absolute atomic E-state index is 12.6. The van der Waals surface area contributed by atoms with E-state index in [0.717, 1.165) is 70.2 Å². The maximum atomic E-state index is 12.6. The Hall–Kier alpha value is -1.40. The lowest BCUT2D eigenvalue weighted by Crippen LogP contribution is -2.42. The van der Waals surface area contributed by atoms with Gasteiger partial charge in [-0.1, -0.05) is 26.8 Å². The monoisotopic (exact) mass is 405 g/mol. The lowest BCUT2D eigenvalue weighted by atomic mass is 9.86. The summed E-state index contributed by atoms with van der Waals surface area (Å²) in [5.74, 6) is 2.44. The van der Waals surface area contributed by atoms with Gasteiger partial charge in [0, 0.05) is 45.3 Å². The summed E-state index contributed by atoms with van der Waals surface area (Å²) < 4.78 is 5.68. The summed E-state index contributed by atoms with van der Waals surface area (Å²) in [7, 11) is 2.01.